The third-order valence-electron chi connectivity index (χ3n) is 5.00. The van der Waals surface area contributed by atoms with Crippen molar-refractivity contribution in [3.63, 3.8) is 0 Å². The monoisotopic (exact) mass is 396 g/mol. The molecular weight excluding hydrogens is 361 g/mol. The van der Waals surface area contributed by atoms with Gasteiger partial charge >= 0.3 is 17.1 Å². The lowest BCUT2D eigenvalue weighted by Crippen LogP contribution is -2.68. The predicted molar refractivity (Wildman–Crippen MR) is 106 cm³/mol. The molecular formula is C13H36O4Si5. The SMILES string of the molecule is CC(C)[Si](C(C)C)(C(C)C)[SiH]1O[Si](C)(C)O[SiH2]O[Si](C)(C)O1. The molecule has 0 amide bonds. The molecule has 132 valence electrons. The molecule has 0 aromatic rings. The summed E-state index contributed by atoms with van der Waals surface area (Å²) in [5.41, 5.74) is 1.95. The van der Waals surface area contributed by atoms with Gasteiger partial charge in [0.2, 0.25) is 0 Å². The van der Waals surface area contributed by atoms with Crippen molar-refractivity contribution in [2.75, 3.05) is 0 Å². The Morgan fingerprint density at radius 3 is 1.32 bits per heavy atom. The molecule has 1 saturated heterocycles. The van der Waals surface area contributed by atoms with Crippen LogP contribution in [-0.4, -0.2) is 43.5 Å². The van der Waals surface area contributed by atoms with E-state index >= 15 is 0 Å². The van der Waals surface area contributed by atoms with Crippen LogP contribution in [0, 0.1) is 0 Å². The third kappa shape index (κ3) is 4.51. The smallest absolute Gasteiger partial charge is 0.313 e. The molecule has 0 aliphatic carbocycles. The van der Waals surface area contributed by atoms with Gasteiger partial charge < -0.3 is 16.5 Å². The van der Waals surface area contributed by atoms with Gasteiger partial charge in [-0.05, 0) is 42.8 Å². The predicted octanol–water partition coefficient (Wildman–Crippen LogP) is 3.45. The lowest BCUT2D eigenvalue weighted by atomic mass is 10.5. The summed E-state index contributed by atoms with van der Waals surface area (Å²) in [4.78, 5) is 0. The van der Waals surface area contributed by atoms with Crippen LogP contribution in [0.5, 0.6) is 0 Å². The molecule has 0 unspecified atom stereocenters. The Bertz CT molecular complexity index is 334. The fraction of sp³-hybridized carbons (Fsp3) is 1.00. The number of hydrogen-bond donors (Lipinski definition) is 0. The van der Waals surface area contributed by atoms with E-state index in [1.165, 1.54) is 0 Å². The molecule has 1 fully saturated rings. The van der Waals surface area contributed by atoms with E-state index in [0.29, 0.717) is 16.6 Å². The summed E-state index contributed by atoms with van der Waals surface area (Å²) in [6, 6.07) is 0. The first-order chi connectivity index (χ1) is 9.85. The van der Waals surface area contributed by atoms with E-state index < -0.39 is 43.5 Å². The van der Waals surface area contributed by atoms with E-state index in [-0.39, 0.29) is 0 Å². The molecule has 0 bridgehead atoms. The Morgan fingerprint density at radius 1 is 0.727 bits per heavy atom. The molecule has 1 heterocycles. The van der Waals surface area contributed by atoms with Crippen molar-refractivity contribution in [1.82, 2.24) is 0 Å². The quantitative estimate of drug-likeness (QED) is 0.682. The van der Waals surface area contributed by atoms with Gasteiger partial charge in [-0.3, -0.25) is 0 Å². The average Bonchev–Trinajstić information content (AvgIpc) is 2.23. The average molecular weight is 397 g/mol. The minimum absolute atomic E-state index is 0.649. The van der Waals surface area contributed by atoms with Crippen molar-refractivity contribution in [2.24, 2.45) is 0 Å². The van der Waals surface area contributed by atoms with Crippen LogP contribution in [0.15, 0.2) is 0 Å². The molecule has 0 radical (unpaired) electrons. The largest absolute Gasteiger partial charge is 0.420 e. The highest BCUT2D eigenvalue weighted by molar-refractivity contribution is 7.32. The highest BCUT2D eigenvalue weighted by Gasteiger charge is 2.56. The van der Waals surface area contributed by atoms with Gasteiger partial charge in [0.15, 0.2) is 0 Å². The van der Waals surface area contributed by atoms with E-state index in [4.69, 9.17) is 16.5 Å². The molecule has 1 aliphatic heterocycles. The van der Waals surface area contributed by atoms with Crippen molar-refractivity contribution in [3.8, 4) is 0 Å². The fourth-order valence-corrected chi connectivity index (χ4v) is 34.4. The normalized spacial score (nSPS) is 27.4. The van der Waals surface area contributed by atoms with Crippen LogP contribution in [0.2, 0.25) is 42.8 Å². The molecule has 0 saturated carbocycles. The first kappa shape index (κ1) is 21.0. The minimum atomic E-state index is -2.12. The van der Waals surface area contributed by atoms with E-state index in [1.807, 2.05) is 0 Å². The van der Waals surface area contributed by atoms with Gasteiger partial charge in [-0.1, -0.05) is 41.5 Å². The Morgan fingerprint density at radius 2 is 1.05 bits per heavy atom. The molecule has 22 heavy (non-hydrogen) atoms. The number of rotatable bonds is 4. The maximum atomic E-state index is 6.75. The van der Waals surface area contributed by atoms with Gasteiger partial charge in [0, 0.05) is 0 Å². The first-order valence-corrected chi connectivity index (χ1v) is 20.3. The third-order valence-corrected chi connectivity index (χ3v) is 35.1. The summed E-state index contributed by atoms with van der Waals surface area (Å²) >= 11 is 0. The second-order valence-corrected chi connectivity index (χ2v) is 28.8. The Hall–Kier alpha value is 0.924. The Labute approximate surface area is 144 Å². The van der Waals surface area contributed by atoms with Gasteiger partial charge in [0.05, 0.1) is 0 Å². The minimum Gasteiger partial charge on any atom is -0.420 e. The maximum Gasteiger partial charge on any atom is 0.313 e. The fourth-order valence-electron chi connectivity index (χ4n) is 3.94. The lowest BCUT2D eigenvalue weighted by molar-refractivity contribution is 0.282. The molecule has 4 nitrogen and oxygen atoms in total. The lowest BCUT2D eigenvalue weighted by Gasteiger charge is -2.51. The van der Waals surface area contributed by atoms with Crippen LogP contribution in [0.1, 0.15) is 41.5 Å². The van der Waals surface area contributed by atoms with Gasteiger partial charge in [0.25, 0.3) is 18.8 Å². The number of hydrogen-bond acceptors (Lipinski definition) is 4. The van der Waals surface area contributed by atoms with Crippen molar-refractivity contribution in [1.29, 1.82) is 0 Å². The van der Waals surface area contributed by atoms with Crippen molar-refractivity contribution >= 4 is 43.5 Å². The van der Waals surface area contributed by atoms with Crippen LogP contribution in [0.3, 0.4) is 0 Å². The molecule has 1 aliphatic rings. The van der Waals surface area contributed by atoms with Gasteiger partial charge in [0.1, 0.15) is 7.59 Å². The topological polar surface area (TPSA) is 36.9 Å². The summed E-state index contributed by atoms with van der Waals surface area (Å²) in [6.45, 7) is 22.9. The molecule has 0 spiro atoms. The van der Waals surface area contributed by atoms with E-state index in [2.05, 4.69) is 67.7 Å². The van der Waals surface area contributed by atoms with E-state index in [0.717, 1.165) is 0 Å². The second kappa shape index (κ2) is 7.44. The van der Waals surface area contributed by atoms with Gasteiger partial charge in [-0.2, -0.15) is 0 Å². The van der Waals surface area contributed by atoms with Crippen LogP contribution >= 0.6 is 0 Å². The standard InChI is InChI=1S/C13H36O4Si5/c1-11(2)22(12(3)4,13(5)6)19-16-20(7,8)14-18-15-21(9,10)17-19/h11-13,19H,18H2,1-10H3. The first-order valence-electron chi connectivity index (χ1n) is 8.48. The highest BCUT2D eigenvalue weighted by Crippen LogP contribution is 2.45. The summed E-state index contributed by atoms with van der Waals surface area (Å²) < 4.78 is 25.7. The second-order valence-electron chi connectivity index (χ2n) is 8.24. The molecule has 1 rings (SSSR count). The maximum absolute atomic E-state index is 6.75. The zero-order valence-corrected chi connectivity index (χ0v) is 21.7. The van der Waals surface area contributed by atoms with E-state index in [1.54, 1.807) is 0 Å². The molecule has 0 N–H and O–H groups in total. The summed E-state index contributed by atoms with van der Waals surface area (Å²) in [5, 5.41) is 0. The Balaban J connectivity index is 3.33. The molecule has 9 heteroatoms. The van der Waals surface area contributed by atoms with Gasteiger partial charge in [-0.25, -0.2) is 0 Å². The van der Waals surface area contributed by atoms with Crippen LogP contribution < -0.4 is 0 Å². The zero-order valence-electron chi connectivity index (χ0n) is 16.1. The molecule has 0 aromatic carbocycles. The zero-order chi connectivity index (χ0) is 17.3. The highest BCUT2D eigenvalue weighted by atomic mass is 29.3. The molecule has 0 aromatic heterocycles. The van der Waals surface area contributed by atoms with Crippen LogP contribution in [0.4, 0.5) is 0 Å². The summed E-state index contributed by atoms with van der Waals surface area (Å²) in [6.07, 6.45) is 0. The summed E-state index contributed by atoms with van der Waals surface area (Å²) in [5.74, 6) is 0. The Kier molecular flexibility index (Phi) is 7.09. The van der Waals surface area contributed by atoms with Crippen LogP contribution in [-0.2, 0) is 16.5 Å². The van der Waals surface area contributed by atoms with Gasteiger partial charge in [-0.15, -0.1) is 0 Å². The van der Waals surface area contributed by atoms with E-state index in [9.17, 15) is 0 Å². The molecule has 0 atom stereocenters. The summed E-state index contributed by atoms with van der Waals surface area (Å²) in [7, 11) is -8.78. The van der Waals surface area contributed by atoms with Crippen molar-refractivity contribution in [2.45, 2.75) is 84.4 Å². The van der Waals surface area contributed by atoms with Crippen molar-refractivity contribution < 1.29 is 16.5 Å². The van der Waals surface area contributed by atoms with Crippen LogP contribution in [0.25, 0.3) is 0 Å². The van der Waals surface area contributed by atoms with Crippen molar-refractivity contribution in [3.05, 3.63) is 0 Å².